The van der Waals surface area contributed by atoms with Crippen LogP contribution in [0.2, 0.25) is 6.04 Å². The fraction of sp³-hybridized carbons (Fsp3) is 0.778. The molecule has 1 rings (SSSR count). The molecule has 0 saturated carbocycles. The van der Waals surface area contributed by atoms with Crippen LogP contribution in [-0.2, 0) is 4.43 Å². The van der Waals surface area contributed by atoms with Crippen molar-refractivity contribution in [2.75, 3.05) is 6.61 Å². The van der Waals surface area contributed by atoms with Crippen molar-refractivity contribution in [1.29, 1.82) is 0 Å². The van der Waals surface area contributed by atoms with Gasteiger partial charge >= 0.3 is 6.18 Å². The van der Waals surface area contributed by atoms with Crippen molar-refractivity contribution in [3.63, 3.8) is 0 Å². The Labute approximate surface area is 83.7 Å². The van der Waals surface area contributed by atoms with Gasteiger partial charge in [0.05, 0.1) is 0 Å². The Balaban J connectivity index is 2.27. The van der Waals surface area contributed by atoms with Crippen molar-refractivity contribution in [3.8, 4) is 0 Å². The average molecular weight is 223 g/mol. The standard InChI is InChI=1S/C9H14F3OSi/c1-8(4-5-9(10,11)12)14-7-3-2-6-13-14/h1-7H2. The fourth-order valence-corrected chi connectivity index (χ4v) is 3.43. The van der Waals surface area contributed by atoms with Gasteiger partial charge in [-0.05, 0) is 18.9 Å². The van der Waals surface area contributed by atoms with Gasteiger partial charge in [0.25, 0.3) is 0 Å². The molecule has 0 aromatic heterocycles. The molecule has 1 radical (unpaired) electrons. The highest BCUT2D eigenvalue weighted by atomic mass is 28.3. The van der Waals surface area contributed by atoms with E-state index in [4.69, 9.17) is 4.43 Å². The molecule has 0 amide bonds. The third-order valence-electron chi connectivity index (χ3n) is 2.18. The van der Waals surface area contributed by atoms with E-state index in [-0.39, 0.29) is 6.42 Å². The monoisotopic (exact) mass is 223 g/mol. The van der Waals surface area contributed by atoms with Gasteiger partial charge in [-0.1, -0.05) is 11.6 Å². The molecule has 1 nitrogen and oxygen atoms in total. The van der Waals surface area contributed by atoms with E-state index in [2.05, 4.69) is 6.58 Å². The van der Waals surface area contributed by atoms with E-state index in [9.17, 15) is 13.2 Å². The van der Waals surface area contributed by atoms with Crippen LogP contribution in [0.3, 0.4) is 0 Å². The summed E-state index contributed by atoms with van der Waals surface area (Å²) in [5.74, 6) is 0. The maximum Gasteiger partial charge on any atom is 0.389 e. The molecule has 5 heteroatoms. The first kappa shape index (κ1) is 11.8. The Kier molecular flexibility index (Phi) is 4.19. The van der Waals surface area contributed by atoms with E-state index in [1.807, 2.05) is 0 Å². The van der Waals surface area contributed by atoms with Crippen molar-refractivity contribution >= 4 is 9.04 Å². The molecule has 1 aliphatic rings. The molecule has 1 fully saturated rings. The molecule has 0 aromatic carbocycles. The highest BCUT2D eigenvalue weighted by Gasteiger charge is 2.29. The smallest absolute Gasteiger partial charge is 0.389 e. The molecule has 1 aliphatic heterocycles. The first-order chi connectivity index (χ1) is 6.49. The number of rotatable bonds is 3. The van der Waals surface area contributed by atoms with Crippen LogP contribution in [0.4, 0.5) is 13.2 Å². The lowest BCUT2D eigenvalue weighted by atomic mass is 10.3. The first-order valence-corrected chi connectivity index (χ1v) is 6.34. The van der Waals surface area contributed by atoms with Gasteiger partial charge in [-0.2, -0.15) is 13.2 Å². The predicted octanol–water partition coefficient (Wildman–Crippen LogP) is 3.23. The molecule has 14 heavy (non-hydrogen) atoms. The summed E-state index contributed by atoms with van der Waals surface area (Å²) in [6.45, 7) is 4.40. The molecule has 0 spiro atoms. The van der Waals surface area contributed by atoms with Crippen LogP contribution in [-0.4, -0.2) is 21.8 Å². The summed E-state index contributed by atoms with van der Waals surface area (Å²) in [4.78, 5) is 0. The summed E-state index contributed by atoms with van der Waals surface area (Å²) >= 11 is 0. The Hall–Kier alpha value is -0.293. The molecule has 1 heterocycles. The minimum absolute atomic E-state index is 0.0395. The van der Waals surface area contributed by atoms with Crippen LogP contribution >= 0.6 is 0 Å². The average Bonchev–Trinajstić information content (AvgIpc) is 2.14. The Bertz CT molecular complexity index is 197. The summed E-state index contributed by atoms with van der Waals surface area (Å²) in [6.07, 6.45) is -2.69. The SMILES string of the molecule is C=C(CCC(F)(F)F)[Si]1CCCCO1. The van der Waals surface area contributed by atoms with Crippen molar-refractivity contribution in [2.45, 2.75) is 37.9 Å². The van der Waals surface area contributed by atoms with Crippen LogP contribution in [0, 0.1) is 0 Å². The molecule has 81 valence electrons. The van der Waals surface area contributed by atoms with E-state index in [1.165, 1.54) is 0 Å². The summed E-state index contributed by atoms with van der Waals surface area (Å²) in [5.41, 5.74) is 0. The van der Waals surface area contributed by atoms with Crippen molar-refractivity contribution in [1.82, 2.24) is 0 Å². The lowest BCUT2D eigenvalue weighted by Gasteiger charge is -2.22. The van der Waals surface area contributed by atoms with Crippen LogP contribution in [0.5, 0.6) is 0 Å². The Morgan fingerprint density at radius 3 is 2.57 bits per heavy atom. The Morgan fingerprint density at radius 1 is 1.36 bits per heavy atom. The van der Waals surface area contributed by atoms with E-state index in [0.717, 1.165) is 18.9 Å². The van der Waals surface area contributed by atoms with Gasteiger partial charge in [0.1, 0.15) is 0 Å². The lowest BCUT2D eigenvalue weighted by Crippen LogP contribution is -2.26. The van der Waals surface area contributed by atoms with E-state index >= 15 is 0 Å². The molecule has 0 atom stereocenters. The molecule has 1 saturated heterocycles. The molecule has 0 aromatic rings. The van der Waals surface area contributed by atoms with Crippen molar-refractivity contribution < 1.29 is 17.6 Å². The topological polar surface area (TPSA) is 9.23 Å². The molecular weight excluding hydrogens is 209 g/mol. The predicted molar refractivity (Wildman–Crippen MR) is 50.2 cm³/mol. The van der Waals surface area contributed by atoms with E-state index < -0.39 is 21.6 Å². The summed E-state index contributed by atoms with van der Waals surface area (Å²) in [5, 5.41) is 0.687. The second-order valence-corrected chi connectivity index (χ2v) is 5.79. The van der Waals surface area contributed by atoms with Crippen LogP contribution < -0.4 is 0 Å². The van der Waals surface area contributed by atoms with E-state index in [0.29, 0.717) is 11.8 Å². The minimum atomic E-state index is -4.07. The molecule has 0 N–H and O–H groups in total. The maximum absolute atomic E-state index is 11.9. The third kappa shape index (κ3) is 4.28. The molecule has 0 unspecified atom stereocenters. The molecule has 0 bridgehead atoms. The van der Waals surface area contributed by atoms with Gasteiger partial charge in [0.15, 0.2) is 0 Å². The van der Waals surface area contributed by atoms with Gasteiger partial charge in [0.2, 0.25) is 9.04 Å². The summed E-state index contributed by atoms with van der Waals surface area (Å²) in [6, 6.07) is 0.918. The van der Waals surface area contributed by atoms with Crippen LogP contribution in [0.15, 0.2) is 11.8 Å². The highest BCUT2D eigenvalue weighted by Crippen LogP contribution is 2.26. The van der Waals surface area contributed by atoms with Gasteiger partial charge in [-0.25, -0.2) is 0 Å². The summed E-state index contributed by atoms with van der Waals surface area (Å²) in [7, 11) is -1.14. The molecule has 0 aliphatic carbocycles. The quantitative estimate of drug-likeness (QED) is 0.667. The number of hydrogen-bond acceptors (Lipinski definition) is 1. The number of allylic oxidation sites excluding steroid dienone is 1. The lowest BCUT2D eigenvalue weighted by molar-refractivity contribution is -0.133. The van der Waals surface area contributed by atoms with Gasteiger partial charge in [-0.15, -0.1) is 6.58 Å². The summed E-state index contributed by atoms with van der Waals surface area (Å²) < 4.78 is 41.2. The minimum Gasteiger partial charge on any atom is -0.412 e. The normalized spacial score (nSPS) is 19.6. The zero-order valence-electron chi connectivity index (χ0n) is 7.99. The van der Waals surface area contributed by atoms with Crippen LogP contribution in [0.25, 0.3) is 0 Å². The maximum atomic E-state index is 11.9. The first-order valence-electron chi connectivity index (χ1n) is 4.72. The van der Waals surface area contributed by atoms with Gasteiger partial charge in [0, 0.05) is 13.0 Å². The fourth-order valence-electron chi connectivity index (χ4n) is 1.37. The zero-order chi connectivity index (χ0) is 10.6. The molecular formula is C9H14F3OSi. The van der Waals surface area contributed by atoms with Crippen molar-refractivity contribution in [3.05, 3.63) is 11.8 Å². The number of hydrogen-bond donors (Lipinski definition) is 0. The third-order valence-corrected chi connectivity index (χ3v) is 4.58. The van der Waals surface area contributed by atoms with Gasteiger partial charge < -0.3 is 4.43 Å². The van der Waals surface area contributed by atoms with Crippen LogP contribution in [0.1, 0.15) is 25.7 Å². The highest BCUT2D eigenvalue weighted by molar-refractivity contribution is 6.60. The second-order valence-electron chi connectivity index (χ2n) is 3.45. The second kappa shape index (κ2) is 4.98. The van der Waals surface area contributed by atoms with E-state index in [1.54, 1.807) is 0 Å². The number of alkyl halides is 3. The zero-order valence-corrected chi connectivity index (χ0v) is 8.99. The largest absolute Gasteiger partial charge is 0.412 e. The Morgan fingerprint density at radius 2 is 2.07 bits per heavy atom. The van der Waals surface area contributed by atoms with Gasteiger partial charge in [-0.3, -0.25) is 0 Å². The van der Waals surface area contributed by atoms with Crippen molar-refractivity contribution in [2.24, 2.45) is 0 Å². The number of halogens is 3.